The van der Waals surface area contributed by atoms with E-state index < -0.39 is 11.5 Å². The van der Waals surface area contributed by atoms with Crippen LogP contribution in [0.15, 0.2) is 0 Å². The molecule has 2 fully saturated rings. The molecule has 2 rings (SSSR count). The number of ether oxygens (including phenoxy) is 1. The number of nitrogens with zero attached hydrogens (tertiary/aromatic N) is 1. The summed E-state index contributed by atoms with van der Waals surface area (Å²) in [6.07, 6.45) is 3.21. The second-order valence-corrected chi connectivity index (χ2v) is 7.89. The Morgan fingerprint density at radius 1 is 1.12 bits per heavy atom. The molecule has 0 spiro atoms. The minimum atomic E-state index is -0.508. The fourth-order valence-electron chi connectivity index (χ4n) is 3.12. The smallest absolute Gasteiger partial charge is 0.328 e. The summed E-state index contributed by atoms with van der Waals surface area (Å²) < 4.78 is 5.07. The van der Waals surface area contributed by atoms with Crippen LogP contribution < -0.4 is 5.32 Å². The molecule has 0 aromatic heterocycles. The Balaban J connectivity index is 1.86. The van der Waals surface area contributed by atoms with Crippen molar-refractivity contribution in [3.8, 4) is 0 Å². The molecule has 0 radical (unpaired) electrons. The van der Waals surface area contributed by atoms with Gasteiger partial charge in [-0.15, -0.1) is 0 Å². The minimum Gasteiger partial charge on any atom is -0.464 e. The van der Waals surface area contributed by atoms with Gasteiger partial charge in [0, 0.05) is 24.4 Å². The topological polar surface area (TPSA) is 75.7 Å². The second kappa shape index (κ2) is 7.53. The molecule has 1 aliphatic carbocycles. The Morgan fingerprint density at radius 3 is 2.17 bits per heavy atom. The Hall–Kier alpha value is -1.59. The van der Waals surface area contributed by atoms with Crippen LogP contribution >= 0.6 is 0 Å². The standard InChI is InChI=1S/C18H30N2O4/c1-5-24-16(22)14(12-6-7-12)19-15(21)13-8-10-20(11-9-13)17(23)18(2,3)4/h12-14H,5-11H2,1-4H3,(H,19,21)/t14-/m1/s1. The highest BCUT2D eigenvalue weighted by atomic mass is 16.5. The largest absolute Gasteiger partial charge is 0.464 e. The Labute approximate surface area is 144 Å². The quantitative estimate of drug-likeness (QED) is 0.775. The van der Waals surface area contributed by atoms with Crippen molar-refractivity contribution < 1.29 is 19.1 Å². The van der Waals surface area contributed by atoms with E-state index in [4.69, 9.17) is 4.74 Å². The number of hydrogen-bond donors (Lipinski definition) is 1. The highest BCUT2D eigenvalue weighted by molar-refractivity contribution is 5.87. The molecule has 1 saturated carbocycles. The number of carbonyl (C=O) groups excluding carboxylic acids is 3. The maximum Gasteiger partial charge on any atom is 0.328 e. The predicted molar refractivity (Wildman–Crippen MR) is 90.0 cm³/mol. The number of hydrogen-bond acceptors (Lipinski definition) is 4. The molecule has 1 saturated heterocycles. The van der Waals surface area contributed by atoms with Gasteiger partial charge in [0.05, 0.1) is 6.61 Å². The highest BCUT2D eigenvalue weighted by Crippen LogP contribution is 2.33. The first kappa shape index (κ1) is 18.7. The van der Waals surface area contributed by atoms with Gasteiger partial charge in [0.15, 0.2) is 0 Å². The Bertz CT molecular complexity index is 486. The maximum absolute atomic E-state index is 12.5. The van der Waals surface area contributed by atoms with E-state index in [1.165, 1.54) is 0 Å². The van der Waals surface area contributed by atoms with Crippen LogP contribution in [0, 0.1) is 17.3 Å². The van der Waals surface area contributed by atoms with Crippen LogP contribution in [0.4, 0.5) is 0 Å². The van der Waals surface area contributed by atoms with Gasteiger partial charge < -0.3 is 15.0 Å². The Kier molecular flexibility index (Phi) is 5.88. The van der Waals surface area contributed by atoms with Gasteiger partial charge in [-0.3, -0.25) is 9.59 Å². The third-order valence-electron chi connectivity index (χ3n) is 4.73. The van der Waals surface area contributed by atoms with E-state index in [0.717, 1.165) is 12.8 Å². The molecular formula is C18H30N2O4. The van der Waals surface area contributed by atoms with Crippen LogP contribution in [-0.4, -0.2) is 48.4 Å². The molecule has 1 heterocycles. The molecule has 2 amide bonds. The zero-order valence-corrected chi connectivity index (χ0v) is 15.3. The molecule has 0 bridgehead atoms. The summed E-state index contributed by atoms with van der Waals surface area (Å²) in [5.74, 6) is -0.194. The molecule has 136 valence electrons. The van der Waals surface area contributed by atoms with Crippen LogP contribution in [0.1, 0.15) is 53.4 Å². The number of carbonyl (C=O) groups is 3. The van der Waals surface area contributed by atoms with E-state index in [2.05, 4.69) is 5.32 Å². The average molecular weight is 338 g/mol. The molecule has 6 heteroatoms. The van der Waals surface area contributed by atoms with Crippen molar-refractivity contribution >= 4 is 17.8 Å². The first-order chi connectivity index (χ1) is 11.2. The predicted octanol–water partition coefficient (Wildman–Crippen LogP) is 1.73. The molecule has 0 aromatic rings. The third-order valence-corrected chi connectivity index (χ3v) is 4.73. The van der Waals surface area contributed by atoms with Gasteiger partial charge in [-0.1, -0.05) is 20.8 Å². The fourth-order valence-corrected chi connectivity index (χ4v) is 3.12. The number of likely N-dealkylation sites (tertiary alicyclic amines) is 1. The summed E-state index contributed by atoms with van der Waals surface area (Å²) in [5.41, 5.74) is -0.393. The lowest BCUT2D eigenvalue weighted by molar-refractivity contribution is -0.149. The number of amides is 2. The van der Waals surface area contributed by atoms with Crippen molar-refractivity contribution in [1.82, 2.24) is 10.2 Å². The number of esters is 1. The van der Waals surface area contributed by atoms with Crippen LogP contribution in [-0.2, 0) is 19.1 Å². The number of nitrogens with one attached hydrogen (secondary N) is 1. The number of piperidine rings is 1. The van der Waals surface area contributed by atoms with Gasteiger partial charge in [-0.25, -0.2) is 4.79 Å². The van der Waals surface area contributed by atoms with E-state index in [9.17, 15) is 14.4 Å². The van der Waals surface area contributed by atoms with E-state index in [0.29, 0.717) is 32.5 Å². The van der Waals surface area contributed by atoms with Crippen LogP contribution in [0.2, 0.25) is 0 Å². The van der Waals surface area contributed by atoms with Crippen LogP contribution in [0.3, 0.4) is 0 Å². The molecule has 6 nitrogen and oxygen atoms in total. The fraction of sp³-hybridized carbons (Fsp3) is 0.833. The Morgan fingerprint density at radius 2 is 1.71 bits per heavy atom. The summed E-state index contributed by atoms with van der Waals surface area (Å²) >= 11 is 0. The normalized spacial score (nSPS) is 20.4. The van der Waals surface area contributed by atoms with Gasteiger partial charge in [-0.2, -0.15) is 0 Å². The molecular weight excluding hydrogens is 308 g/mol. The molecule has 2 aliphatic rings. The maximum atomic E-state index is 12.5. The van der Waals surface area contributed by atoms with Gasteiger partial charge in [-0.05, 0) is 38.5 Å². The second-order valence-electron chi connectivity index (χ2n) is 7.89. The van der Waals surface area contributed by atoms with Crippen molar-refractivity contribution in [1.29, 1.82) is 0 Å². The van der Waals surface area contributed by atoms with E-state index in [-0.39, 0.29) is 29.6 Å². The van der Waals surface area contributed by atoms with Crippen molar-refractivity contribution in [3.05, 3.63) is 0 Å². The van der Waals surface area contributed by atoms with Gasteiger partial charge in [0.1, 0.15) is 6.04 Å². The van der Waals surface area contributed by atoms with Crippen molar-refractivity contribution in [2.75, 3.05) is 19.7 Å². The lowest BCUT2D eigenvalue weighted by Crippen LogP contribution is -2.50. The van der Waals surface area contributed by atoms with Crippen molar-refractivity contribution in [2.24, 2.45) is 17.3 Å². The number of rotatable bonds is 5. The van der Waals surface area contributed by atoms with Gasteiger partial charge >= 0.3 is 5.97 Å². The lowest BCUT2D eigenvalue weighted by Gasteiger charge is -2.35. The van der Waals surface area contributed by atoms with Crippen molar-refractivity contribution in [2.45, 2.75) is 59.4 Å². The third kappa shape index (κ3) is 4.71. The van der Waals surface area contributed by atoms with E-state index in [1.807, 2.05) is 25.7 Å². The lowest BCUT2D eigenvalue weighted by atomic mass is 9.90. The molecule has 0 unspecified atom stereocenters. The van der Waals surface area contributed by atoms with Crippen LogP contribution in [0.5, 0.6) is 0 Å². The summed E-state index contributed by atoms with van der Waals surface area (Å²) in [7, 11) is 0. The zero-order chi connectivity index (χ0) is 17.9. The minimum absolute atomic E-state index is 0.0807. The van der Waals surface area contributed by atoms with Gasteiger partial charge in [0.2, 0.25) is 11.8 Å². The SMILES string of the molecule is CCOC(=O)[C@H](NC(=O)C1CCN(C(=O)C(C)(C)C)CC1)C1CC1. The van der Waals surface area contributed by atoms with Crippen molar-refractivity contribution in [3.63, 3.8) is 0 Å². The first-order valence-electron chi connectivity index (χ1n) is 9.00. The summed E-state index contributed by atoms with van der Waals surface area (Å²) in [5, 5.41) is 2.89. The van der Waals surface area contributed by atoms with E-state index >= 15 is 0 Å². The molecule has 1 aliphatic heterocycles. The summed E-state index contributed by atoms with van der Waals surface area (Å²) in [6.45, 7) is 9.02. The van der Waals surface area contributed by atoms with E-state index in [1.54, 1.807) is 6.92 Å². The molecule has 1 atom stereocenters. The molecule has 0 aromatic carbocycles. The average Bonchev–Trinajstić information content (AvgIpc) is 3.35. The monoisotopic (exact) mass is 338 g/mol. The highest BCUT2D eigenvalue weighted by Gasteiger charge is 2.40. The van der Waals surface area contributed by atoms with Gasteiger partial charge in [0.25, 0.3) is 0 Å². The zero-order valence-electron chi connectivity index (χ0n) is 15.3. The summed E-state index contributed by atoms with van der Waals surface area (Å²) in [4.78, 5) is 38.6. The summed E-state index contributed by atoms with van der Waals surface area (Å²) in [6, 6.07) is -0.508. The first-order valence-corrected chi connectivity index (χ1v) is 9.00. The molecule has 24 heavy (non-hydrogen) atoms. The van der Waals surface area contributed by atoms with Crippen LogP contribution in [0.25, 0.3) is 0 Å². The molecule has 1 N–H and O–H groups in total.